The van der Waals surface area contributed by atoms with E-state index in [4.69, 9.17) is 4.74 Å². The molecule has 24 heavy (non-hydrogen) atoms. The highest BCUT2D eigenvalue weighted by atomic mass is 16.5. The van der Waals surface area contributed by atoms with Crippen molar-refractivity contribution in [2.24, 2.45) is 0 Å². The first-order valence-corrected chi connectivity index (χ1v) is 8.94. The maximum Gasteiger partial charge on any atom is 0.143 e. The van der Waals surface area contributed by atoms with E-state index in [9.17, 15) is 0 Å². The number of hydrogen-bond acceptors (Lipinski definition) is 3. The molecule has 0 saturated carbocycles. The molecule has 0 aliphatic carbocycles. The molecular formula is C21H26N2O. The second-order valence-electron chi connectivity index (χ2n) is 7.59. The second kappa shape index (κ2) is 6.14. The normalized spacial score (nSPS) is 18.9. The minimum absolute atomic E-state index is 0.129. The van der Waals surface area contributed by atoms with Crippen molar-refractivity contribution in [3.05, 3.63) is 59.2 Å². The first-order valence-electron chi connectivity index (χ1n) is 8.94. The van der Waals surface area contributed by atoms with Gasteiger partial charge in [-0.15, -0.1) is 0 Å². The molecule has 3 heteroatoms. The van der Waals surface area contributed by atoms with E-state index in [-0.39, 0.29) is 5.60 Å². The molecule has 4 rings (SSSR count). The van der Waals surface area contributed by atoms with Crippen molar-refractivity contribution in [1.29, 1.82) is 0 Å². The summed E-state index contributed by atoms with van der Waals surface area (Å²) in [6.07, 6.45) is 2.26. The maximum atomic E-state index is 6.03. The van der Waals surface area contributed by atoms with Gasteiger partial charge in [0.1, 0.15) is 11.4 Å². The zero-order valence-corrected chi connectivity index (χ0v) is 14.6. The largest absolute Gasteiger partial charge is 0.484 e. The highest BCUT2D eigenvalue weighted by Crippen LogP contribution is 2.33. The summed E-state index contributed by atoms with van der Waals surface area (Å²) in [5.74, 6) is 0.974. The van der Waals surface area contributed by atoms with Gasteiger partial charge in [-0.05, 0) is 55.5 Å². The molecule has 2 aromatic carbocycles. The lowest BCUT2D eigenvalue weighted by molar-refractivity contribution is 0.116. The lowest BCUT2D eigenvalue weighted by atomic mass is 9.99. The van der Waals surface area contributed by atoms with Gasteiger partial charge >= 0.3 is 0 Å². The molecule has 2 aliphatic heterocycles. The zero-order chi connectivity index (χ0) is 16.6. The smallest absolute Gasteiger partial charge is 0.143 e. The molecule has 1 N–H and O–H groups in total. The van der Waals surface area contributed by atoms with Gasteiger partial charge < -0.3 is 10.1 Å². The highest BCUT2D eigenvalue weighted by molar-refractivity contribution is 5.60. The Morgan fingerprint density at radius 1 is 1.12 bits per heavy atom. The van der Waals surface area contributed by atoms with Crippen molar-refractivity contribution in [1.82, 2.24) is 4.90 Å². The number of rotatable bonds is 3. The standard InChI is InChI=1S/C21H26N2O/c1-21(2)15-22-19-13-16(7-8-20(19)24-21)9-11-23-12-10-17-5-3-4-6-18(17)14-23/h3-8,13,22H,9-12,14-15H2,1-2H3. The maximum absolute atomic E-state index is 6.03. The Kier molecular flexibility index (Phi) is 3.97. The molecule has 0 saturated heterocycles. The Morgan fingerprint density at radius 3 is 2.83 bits per heavy atom. The van der Waals surface area contributed by atoms with E-state index >= 15 is 0 Å². The van der Waals surface area contributed by atoms with Crippen LogP contribution in [0.3, 0.4) is 0 Å². The van der Waals surface area contributed by atoms with Gasteiger partial charge in [0.15, 0.2) is 0 Å². The van der Waals surface area contributed by atoms with Crippen molar-refractivity contribution in [3.8, 4) is 5.75 Å². The van der Waals surface area contributed by atoms with Crippen LogP contribution in [0.4, 0.5) is 5.69 Å². The monoisotopic (exact) mass is 322 g/mol. The highest BCUT2D eigenvalue weighted by Gasteiger charge is 2.26. The molecular weight excluding hydrogens is 296 g/mol. The Balaban J connectivity index is 1.39. The summed E-state index contributed by atoms with van der Waals surface area (Å²) >= 11 is 0. The average molecular weight is 322 g/mol. The van der Waals surface area contributed by atoms with Crippen LogP contribution in [-0.4, -0.2) is 30.1 Å². The number of nitrogens with one attached hydrogen (secondary N) is 1. The van der Waals surface area contributed by atoms with Crippen LogP contribution in [-0.2, 0) is 19.4 Å². The fourth-order valence-electron chi connectivity index (χ4n) is 3.63. The lowest BCUT2D eigenvalue weighted by Gasteiger charge is -2.34. The zero-order valence-electron chi connectivity index (χ0n) is 14.6. The van der Waals surface area contributed by atoms with Crippen LogP contribution >= 0.6 is 0 Å². The number of hydrogen-bond donors (Lipinski definition) is 1. The van der Waals surface area contributed by atoms with Crippen LogP contribution in [0.5, 0.6) is 5.75 Å². The van der Waals surface area contributed by atoms with Gasteiger partial charge in [-0.2, -0.15) is 0 Å². The molecule has 0 fully saturated rings. The van der Waals surface area contributed by atoms with Gasteiger partial charge in [-0.1, -0.05) is 30.3 Å². The number of benzene rings is 2. The fraction of sp³-hybridized carbons (Fsp3) is 0.429. The molecule has 0 amide bonds. The van der Waals surface area contributed by atoms with Crippen molar-refractivity contribution in [2.45, 2.75) is 38.8 Å². The molecule has 0 atom stereocenters. The Morgan fingerprint density at radius 2 is 1.96 bits per heavy atom. The topological polar surface area (TPSA) is 24.5 Å². The van der Waals surface area contributed by atoms with E-state index < -0.39 is 0 Å². The minimum Gasteiger partial charge on any atom is -0.484 e. The van der Waals surface area contributed by atoms with Gasteiger partial charge in [0.25, 0.3) is 0 Å². The molecule has 0 radical (unpaired) electrons. The third-order valence-electron chi connectivity index (χ3n) is 5.06. The van der Waals surface area contributed by atoms with Crippen LogP contribution in [0.15, 0.2) is 42.5 Å². The minimum atomic E-state index is -0.129. The molecule has 2 aromatic rings. The average Bonchev–Trinajstić information content (AvgIpc) is 2.59. The first kappa shape index (κ1) is 15.5. The molecule has 0 aromatic heterocycles. The Bertz CT molecular complexity index is 738. The van der Waals surface area contributed by atoms with Crippen LogP contribution in [0, 0.1) is 0 Å². The number of fused-ring (bicyclic) bond motifs is 2. The molecule has 126 valence electrons. The number of nitrogens with zero attached hydrogens (tertiary/aromatic N) is 1. The second-order valence-corrected chi connectivity index (χ2v) is 7.59. The molecule has 0 spiro atoms. The van der Waals surface area contributed by atoms with Gasteiger partial charge in [-0.3, -0.25) is 4.90 Å². The molecule has 0 unspecified atom stereocenters. The van der Waals surface area contributed by atoms with E-state index in [0.29, 0.717) is 0 Å². The van der Waals surface area contributed by atoms with Crippen molar-refractivity contribution >= 4 is 5.69 Å². The summed E-state index contributed by atoms with van der Waals surface area (Å²) < 4.78 is 6.03. The lowest BCUT2D eigenvalue weighted by Crippen LogP contribution is -2.40. The summed E-state index contributed by atoms with van der Waals surface area (Å²) in [6.45, 7) is 8.44. The van der Waals surface area contributed by atoms with Gasteiger partial charge in [0.05, 0.1) is 12.2 Å². The predicted octanol–water partition coefficient (Wildman–Crippen LogP) is 3.87. The summed E-state index contributed by atoms with van der Waals surface area (Å²) in [7, 11) is 0. The molecule has 2 heterocycles. The van der Waals surface area contributed by atoms with E-state index in [2.05, 4.69) is 66.5 Å². The van der Waals surface area contributed by atoms with E-state index in [0.717, 1.165) is 44.0 Å². The van der Waals surface area contributed by atoms with Crippen molar-refractivity contribution in [2.75, 3.05) is 25.0 Å². The van der Waals surface area contributed by atoms with Gasteiger partial charge in [0, 0.05) is 19.6 Å². The van der Waals surface area contributed by atoms with Crippen LogP contribution < -0.4 is 10.1 Å². The third-order valence-corrected chi connectivity index (χ3v) is 5.06. The summed E-state index contributed by atoms with van der Waals surface area (Å²) in [6, 6.07) is 15.4. The van der Waals surface area contributed by atoms with Crippen LogP contribution in [0.1, 0.15) is 30.5 Å². The van der Waals surface area contributed by atoms with E-state index in [1.807, 2.05) is 0 Å². The predicted molar refractivity (Wildman–Crippen MR) is 98.8 cm³/mol. The Labute approximate surface area is 144 Å². The molecule has 0 bridgehead atoms. The quantitative estimate of drug-likeness (QED) is 0.928. The Hall–Kier alpha value is -2.00. The van der Waals surface area contributed by atoms with E-state index in [1.54, 1.807) is 0 Å². The van der Waals surface area contributed by atoms with Crippen LogP contribution in [0.25, 0.3) is 0 Å². The van der Waals surface area contributed by atoms with E-state index in [1.165, 1.54) is 23.1 Å². The van der Waals surface area contributed by atoms with Crippen molar-refractivity contribution in [3.63, 3.8) is 0 Å². The fourth-order valence-corrected chi connectivity index (χ4v) is 3.63. The summed E-state index contributed by atoms with van der Waals surface area (Å²) in [5.41, 5.74) is 5.40. The SMILES string of the molecule is CC1(C)CNc2cc(CCN3CCc4ccccc4C3)ccc2O1. The van der Waals surface area contributed by atoms with Gasteiger partial charge in [-0.25, -0.2) is 0 Å². The third kappa shape index (κ3) is 3.27. The summed E-state index contributed by atoms with van der Waals surface area (Å²) in [5, 5.41) is 3.51. The van der Waals surface area contributed by atoms with Gasteiger partial charge in [0.2, 0.25) is 0 Å². The first-order chi connectivity index (χ1) is 11.6. The summed E-state index contributed by atoms with van der Waals surface area (Å²) in [4.78, 5) is 2.56. The van der Waals surface area contributed by atoms with Crippen LogP contribution in [0.2, 0.25) is 0 Å². The molecule has 3 nitrogen and oxygen atoms in total. The number of ether oxygens (including phenoxy) is 1. The van der Waals surface area contributed by atoms with Crippen molar-refractivity contribution < 1.29 is 4.74 Å². The number of anilines is 1. The molecule has 2 aliphatic rings.